The van der Waals surface area contributed by atoms with Crippen molar-refractivity contribution in [1.82, 2.24) is 20.2 Å². The number of hydrogen-bond acceptors (Lipinski definition) is 7. The normalized spacial score (nSPS) is 10.8. The van der Waals surface area contributed by atoms with Crippen molar-refractivity contribution in [1.29, 1.82) is 0 Å². The Kier molecular flexibility index (Phi) is 4.44. The standard InChI is InChI=1S/C19H19N7O/c20-14-10-12(15-6-7-23-19(21)24-15)11-16-17(14)18(26-25-16)22-8-9-27-13-4-2-1-3-5-13/h1-7,10-11H,8-9,20H2,(H2,21,23,24)(H2,22,25,26). The predicted octanol–water partition coefficient (Wildman–Crippen LogP) is 2.68. The minimum absolute atomic E-state index is 0.219. The number of benzene rings is 2. The molecule has 0 aliphatic carbocycles. The van der Waals surface area contributed by atoms with Gasteiger partial charge in [0.2, 0.25) is 5.95 Å². The highest BCUT2D eigenvalue weighted by molar-refractivity contribution is 6.01. The molecule has 6 N–H and O–H groups in total. The van der Waals surface area contributed by atoms with Crippen molar-refractivity contribution in [2.45, 2.75) is 0 Å². The number of aromatic amines is 1. The molecule has 0 spiro atoms. The van der Waals surface area contributed by atoms with E-state index in [-0.39, 0.29) is 5.95 Å². The van der Waals surface area contributed by atoms with Gasteiger partial charge >= 0.3 is 0 Å². The van der Waals surface area contributed by atoms with Gasteiger partial charge in [0.25, 0.3) is 0 Å². The Balaban J connectivity index is 1.50. The number of hydrogen-bond donors (Lipinski definition) is 4. The summed E-state index contributed by atoms with van der Waals surface area (Å²) in [5, 5.41) is 11.4. The summed E-state index contributed by atoms with van der Waals surface area (Å²) in [6.45, 7) is 1.11. The first-order chi connectivity index (χ1) is 13.2. The fourth-order valence-corrected chi connectivity index (χ4v) is 2.85. The van der Waals surface area contributed by atoms with Gasteiger partial charge in [-0.3, -0.25) is 5.10 Å². The summed E-state index contributed by atoms with van der Waals surface area (Å²) in [7, 11) is 0. The molecule has 4 rings (SSSR count). The van der Waals surface area contributed by atoms with E-state index in [4.69, 9.17) is 16.2 Å². The minimum atomic E-state index is 0.219. The van der Waals surface area contributed by atoms with E-state index in [9.17, 15) is 0 Å². The summed E-state index contributed by atoms with van der Waals surface area (Å²) < 4.78 is 5.68. The number of nitrogens with two attached hydrogens (primary N) is 2. The van der Waals surface area contributed by atoms with Crippen LogP contribution in [0.1, 0.15) is 0 Å². The van der Waals surface area contributed by atoms with E-state index in [2.05, 4.69) is 25.5 Å². The minimum Gasteiger partial charge on any atom is -0.492 e. The van der Waals surface area contributed by atoms with Crippen LogP contribution >= 0.6 is 0 Å². The van der Waals surface area contributed by atoms with Gasteiger partial charge in [-0.1, -0.05) is 18.2 Å². The largest absolute Gasteiger partial charge is 0.492 e. The molecule has 0 aliphatic rings. The van der Waals surface area contributed by atoms with Crippen molar-refractivity contribution in [3.8, 4) is 17.0 Å². The Bertz CT molecular complexity index is 1060. The molecule has 0 saturated heterocycles. The molecular formula is C19H19N7O. The Hall–Kier alpha value is -3.81. The summed E-state index contributed by atoms with van der Waals surface area (Å²) >= 11 is 0. The average Bonchev–Trinajstić information content (AvgIpc) is 3.10. The van der Waals surface area contributed by atoms with Crippen LogP contribution in [0.25, 0.3) is 22.2 Å². The molecule has 8 heteroatoms. The first kappa shape index (κ1) is 16.6. The maximum absolute atomic E-state index is 6.27. The van der Waals surface area contributed by atoms with Gasteiger partial charge in [-0.25, -0.2) is 9.97 Å². The highest BCUT2D eigenvalue weighted by Gasteiger charge is 2.12. The zero-order chi connectivity index (χ0) is 18.6. The summed E-state index contributed by atoms with van der Waals surface area (Å²) in [6, 6.07) is 15.2. The molecule has 0 amide bonds. The molecule has 136 valence electrons. The molecule has 0 radical (unpaired) electrons. The monoisotopic (exact) mass is 361 g/mol. The lowest BCUT2D eigenvalue weighted by Crippen LogP contribution is -2.12. The van der Waals surface area contributed by atoms with E-state index in [1.54, 1.807) is 12.3 Å². The average molecular weight is 361 g/mol. The van der Waals surface area contributed by atoms with Crippen molar-refractivity contribution in [3.05, 3.63) is 54.7 Å². The van der Waals surface area contributed by atoms with Crippen molar-refractivity contribution in [3.63, 3.8) is 0 Å². The maximum atomic E-state index is 6.27. The van der Waals surface area contributed by atoms with Crippen LogP contribution in [0.5, 0.6) is 5.75 Å². The van der Waals surface area contributed by atoms with Crippen molar-refractivity contribution >= 4 is 28.4 Å². The van der Waals surface area contributed by atoms with E-state index >= 15 is 0 Å². The fourth-order valence-electron chi connectivity index (χ4n) is 2.85. The predicted molar refractivity (Wildman–Crippen MR) is 106 cm³/mol. The lowest BCUT2D eigenvalue weighted by atomic mass is 10.1. The third kappa shape index (κ3) is 3.59. The van der Waals surface area contributed by atoms with Gasteiger partial charge in [-0.15, -0.1) is 0 Å². The van der Waals surface area contributed by atoms with E-state index in [0.717, 1.165) is 22.2 Å². The molecule has 2 aromatic heterocycles. The molecule has 0 fully saturated rings. The Labute approximate surface area is 155 Å². The van der Waals surface area contributed by atoms with Gasteiger partial charge in [-0.05, 0) is 30.3 Å². The first-order valence-corrected chi connectivity index (χ1v) is 8.49. The van der Waals surface area contributed by atoms with Gasteiger partial charge in [0.1, 0.15) is 12.4 Å². The van der Waals surface area contributed by atoms with Crippen molar-refractivity contribution in [2.24, 2.45) is 0 Å². The third-order valence-corrected chi connectivity index (χ3v) is 4.07. The molecule has 0 saturated carbocycles. The first-order valence-electron chi connectivity index (χ1n) is 8.49. The van der Waals surface area contributed by atoms with Gasteiger partial charge in [0.05, 0.1) is 23.1 Å². The SMILES string of the molecule is Nc1nccc(-c2cc(N)c3c(NCCOc4ccccc4)n[nH]c3c2)n1. The van der Waals surface area contributed by atoms with E-state index in [1.165, 1.54) is 0 Å². The summed E-state index contributed by atoms with van der Waals surface area (Å²) in [6.07, 6.45) is 1.62. The van der Waals surface area contributed by atoms with Crippen LogP contribution < -0.4 is 21.5 Å². The molecule has 4 aromatic rings. The second-order valence-corrected chi connectivity index (χ2v) is 5.95. The summed E-state index contributed by atoms with van der Waals surface area (Å²) in [5.74, 6) is 1.74. The lowest BCUT2D eigenvalue weighted by Gasteiger charge is -2.08. The lowest BCUT2D eigenvalue weighted by molar-refractivity contribution is 0.333. The van der Waals surface area contributed by atoms with Crippen LogP contribution in [0.15, 0.2) is 54.7 Å². The van der Waals surface area contributed by atoms with Gasteiger partial charge in [0, 0.05) is 17.4 Å². The van der Waals surface area contributed by atoms with E-state index in [0.29, 0.717) is 30.4 Å². The smallest absolute Gasteiger partial charge is 0.220 e. The summed E-state index contributed by atoms with van der Waals surface area (Å²) in [5.41, 5.74) is 14.9. The summed E-state index contributed by atoms with van der Waals surface area (Å²) in [4.78, 5) is 8.14. The number of nitrogen functional groups attached to an aromatic ring is 2. The quantitative estimate of drug-likeness (QED) is 0.307. The molecule has 0 atom stereocenters. The maximum Gasteiger partial charge on any atom is 0.220 e. The van der Waals surface area contributed by atoms with Gasteiger partial charge in [-0.2, -0.15) is 5.10 Å². The van der Waals surface area contributed by atoms with E-state index in [1.807, 2.05) is 42.5 Å². The number of nitrogens with one attached hydrogen (secondary N) is 2. The highest BCUT2D eigenvalue weighted by atomic mass is 16.5. The number of ether oxygens (including phenoxy) is 1. The Morgan fingerprint density at radius 2 is 1.93 bits per heavy atom. The molecule has 8 nitrogen and oxygen atoms in total. The number of fused-ring (bicyclic) bond motifs is 1. The number of rotatable bonds is 6. The molecular weight excluding hydrogens is 342 g/mol. The second-order valence-electron chi connectivity index (χ2n) is 5.95. The number of anilines is 3. The topological polar surface area (TPSA) is 128 Å². The van der Waals surface area contributed by atoms with Crippen LogP contribution in [-0.2, 0) is 0 Å². The zero-order valence-electron chi connectivity index (χ0n) is 14.5. The van der Waals surface area contributed by atoms with E-state index < -0.39 is 0 Å². The molecule has 27 heavy (non-hydrogen) atoms. The number of para-hydroxylation sites is 1. The van der Waals surface area contributed by atoms with Crippen molar-refractivity contribution < 1.29 is 4.74 Å². The molecule has 0 aliphatic heterocycles. The third-order valence-electron chi connectivity index (χ3n) is 4.07. The van der Waals surface area contributed by atoms with Gasteiger partial charge < -0.3 is 21.5 Å². The van der Waals surface area contributed by atoms with Crippen LogP contribution in [0.2, 0.25) is 0 Å². The Morgan fingerprint density at radius 1 is 1.07 bits per heavy atom. The highest BCUT2D eigenvalue weighted by Crippen LogP contribution is 2.31. The number of nitrogens with zero attached hydrogens (tertiary/aromatic N) is 3. The van der Waals surface area contributed by atoms with Crippen LogP contribution in [0.3, 0.4) is 0 Å². The van der Waals surface area contributed by atoms with Crippen LogP contribution in [0, 0.1) is 0 Å². The molecule has 2 heterocycles. The van der Waals surface area contributed by atoms with Crippen LogP contribution in [-0.4, -0.2) is 33.3 Å². The molecule has 0 bridgehead atoms. The fraction of sp³-hybridized carbons (Fsp3) is 0.105. The molecule has 2 aromatic carbocycles. The number of H-pyrrole nitrogens is 1. The number of aromatic nitrogens is 4. The van der Waals surface area contributed by atoms with Gasteiger partial charge in [0.15, 0.2) is 5.82 Å². The zero-order valence-corrected chi connectivity index (χ0v) is 14.5. The second kappa shape index (κ2) is 7.20. The molecule has 0 unspecified atom stereocenters. The van der Waals surface area contributed by atoms with Crippen LogP contribution in [0.4, 0.5) is 17.5 Å². The van der Waals surface area contributed by atoms with Crippen molar-refractivity contribution in [2.75, 3.05) is 29.9 Å². The Morgan fingerprint density at radius 3 is 2.74 bits per heavy atom.